The van der Waals surface area contributed by atoms with Crippen molar-refractivity contribution < 1.29 is 42.9 Å². The maximum atomic E-state index is 13.2. The molecule has 722 valence electrons. The average molecular weight is 1850 g/mol. The molecule has 4 aromatic heterocycles. The van der Waals surface area contributed by atoms with E-state index in [9.17, 15) is 19.2 Å². The molecular weight excluding hydrogens is 1710 g/mol. The number of imidazole rings is 4. The van der Waals surface area contributed by atoms with Crippen molar-refractivity contribution in [3.8, 4) is 49.4 Å². The van der Waals surface area contributed by atoms with Crippen LogP contribution in [0.25, 0.3) is 22.3 Å². The predicted molar refractivity (Wildman–Crippen MR) is 543 cm³/mol. The van der Waals surface area contributed by atoms with E-state index in [4.69, 9.17) is 55.1 Å². The number of H-pyrrole nitrogens is 4. The van der Waals surface area contributed by atoms with Crippen LogP contribution in [0.5, 0.6) is 0 Å². The van der Waals surface area contributed by atoms with E-state index in [1.807, 2.05) is 0 Å². The van der Waals surface area contributed by atoms with Crippen molar-refractivity contribution in [1.82, 2.24) is 59.5 Å². The molecule has 137 heavy (non-hydrogen) atoms. The number of benzene rings is 4. The summed E-state index contributed by atoms with van der Waals surface area (Å²) in [6.45, 7) is 32.3. The van der Waals surface area contributed by atoms with Gasteiger partial charge in [0, 0.05) is 129 Å². The molecule has 6 aliphatic heterocycles. The molecule has 0 saturated carbocycles. The number of nitrogens with two attached hydrogens (primary N) is 1. The summed E-state index contributed by atoms with van der Waals surface area (Å²) in [4.78, 5) is 90.9. The Morgan fingerprint density at radius 3 is 0.927 bits per heavy atom. The topological polar surface area (TPSA) is 268 Å². The lowest BCUT2D eigenvalue weighted by atomic mass is 9.74. The van der Waals surface area contributed by atoms with E-state index >= 15 is 0 Å². The van der Waals surface area contributed by atoms with Crippen LogP contribution in [0, 0.1) is 71.0 Å². The Balaban J connectivity index is 0.000000139. The number of ketones is 4. The van der Waals surface area contributed by atoms with Crippen LogP contribution in [0.15, 0.2) is 122 Å². The van der Waals surface area contributed by atoms with Crippen LogP contribution in [0.2, 0.25) is 0 Å². The van der Waals surface area contributed by atoms with Crippen LogP contribution in [0.1, 0.15) is 316 Å². The molecule has 6 fully saturated rings. The van der Waals surface area contributed by atoms with Crippen molar-refractivity contribution in [2.45, 2.75) is 232 Å². The number of carbonyl (C=O) groups excluding carboxylic acids is 4. The molecule has 0 unspecified atom stereocenters. The zero-order chi connectivity index (χ0) is 96.9. The van der Waals surface area contributed by atoms with E-state index in [0.29, 0.717) is 100 Å². The van der Waals surface area contributed by atoms with Crippen LogP contribution in [-0.2, 0) is 71.5 Å². The summed E-state index contributed by atoms with van der Waals surface area (Å²) in [6, 6.07) is 26.7. The number of likely N-dealkylation sites (N-methyl/N-ethyl adjacent to an activating group) is 1. The standard InChI is InChI=1S/C31H40N4O2.C30H37N3O3.C28H35N3O2.C26H31N3O2/c1-5-26-22-32-29(33-26)28(36)20-24-6-7-25(21-27(24)23-8-10-30(2,3)11-9-23)31(12-18-37-19-13-31)35-16-14-34(4)15-17-35;1-4-25-21-31-28(32-25)27(34)19-23-5-6-24(20-26(23)22-7-9-29(2,3)10-8-22)30(11-15-35-16-12-30)33-13-17-36-18-14-33;1-6-23-19-29-26(30-23)25(32)17-21-7-8-22(28(31(4)5)13-15-33-16-14-28)18-24(21)20-9-11-27(2,3)12-10-20;1-4-21-17-28-24(29-21)23(30)15-19-5-6-20(26(27)11-13-31-14-12-26)16-22(19)18-7-9-25(2,3)10-8-18/h1,6-8,21-22H,9-20H2,2-4H3,(H,32,33);1,5-7,20-21H,8-19H2,2-3H3,(H,31,32);1,7-9,18-19H,10-17H2,2-5H3,(H,29,30);1,5-7,16-17H,8-15,27H2,2-3H3,(H,28,29). The second kappa shape index (κ2) is 43.7. The highest BCUT2D eigenvalue weighted by molar-refractivity contribution is 5.97. The number of rotatable bonds is 23. The van der Waals surface area contributed by atoms with E-state index in [1.54, 1.807) is 12.4 Å². The summed E-state index contributed by atoms with van der Waals surface area (Å²) in [6.07, 6.45) is 58.9. The number of hydrogen-bond donors (Lipinski definition) is 5. The number of morpholine rings is 1. The van der Waals surface area contributed by atoms with Gasteiger partial charge in [0.2, 0.25) is 23.1 Å². The molecule has 0 amide bonds. The first-order valence-electron chi connectivity index (χ1n) is 49.8. The zero-order valence-electron chi connectivity index (χ0n) is 83.0. The number of aromatic amines is 4. The maximum absolute atomic E-state index is 13.2. The summed E-state index contributed by atoms with van der Waals surface area (Å²) in [5.41, 5.74) is 29.1. The molecule has 22 heteroatoms. The molecule has 22 nitrogen and oxygen atoms in total. The molecule has 10 heterocycles. The van der Waals surface area contributed by atoms with Gasteiger partial charge in [0.05, 0.1) is 49.1 Å². The molecule has 0 atom stereocenters. The largest absolute Gasteiger partial charge is 0.381 e. The average Bonchev–Trinajstić information content (AvgIpc) is 1.26. The van der Waals surface area contributed by atoms with Crippen molar-refractivity contribution in [3.63, 3.8) is 0 Å². The molecule has 4 aliphatic carbocycles. The number of aromatic nitrogens is 8. The highest BCUT2D eigenvalue weighted by Gasteiger charge is 2.45. The highest BCUT2D eigenvalue weighted by Crippen LogP contribution is 2.49. The minimum Gasteiger partial charge on any atom is -0.381 e. The fraction of sp³-hybridized carbons (Fsp3) is 0.513. The second-order valence-electron chi connectivity index (χ2n) is 42.9. The lowest BCUT2D eigenvalue weighted by Gasteiger charge is -2.50. The molecule has 0 bridgehead atoms. The van der Waals surface area contributed by atoms with Crippen LogP contribution in [-0.4, -0.2) is 209 Å². The Morgan fingerprint density at radius 2 is 0.635 bits per heavy atom. The van der Waals surface area contributed by atoms with Gasteiger partial charge < -0.3 is 54.3 Å². The maximum Gasteiger partial charge on any atom is 0.202 e. The minimum atomic E-state index is -0.382. The van der Waals surface area contributed by atoms with Gasteiger partial charge in [0.1, 0.15) is 22.8 Å². The first kappa shape index (κ1) is 101. The number of nitrogens with one attached hydrogen (secondary N) is 4. The van der Waals surface area contributed by atoms with Crippen molar-refractivity contribution in [2.24, 2.45) is 27.4 Å². The third-order valence-electron chi connectivity index (χ3n) is 31.2. The van der Waals surface area contributed by atoms with Gasteiger partial charge in [-0.2, -0.15) is 0 Å². The van der Waals surface area contributed by atoms with E-state index in [0.717, 1.165) is 254 Å². The molecule has 0 spiro atoms. The van der Waals surface area contributed by atoms with Crippen molar-refractivity contribution in [3.05, 3.63) is 235 Å². The van der Waals surface area contributed by atoms with Gasteiger partial charge in [-0.25, -0.2) is 19.9 Å². The molecule has 8 aromatic rings. The summed E-state index contributed by atoms with van der Waals surface area (Å²) in [7, 11) is 6.52. The Hall–Kier alpha value is -10.8. The molecule has 10 aliphatic rings. The first-order valence-corrected chi connectivity index (χ1v) is 49.8. The number of hydrogen-bond acceptors (Lipinski definition) is 18. The number of Topliss-reactive ketones (excluding diaryl/α,β-unsaturated/α-hetero) is 4. The van der Waals surface area contributed by atoms with Gasteiger partial charge in [0.25, 0.3) is 0 Å². The highest BCUT2D eigenvalue weighted by atomic mass is 16.5. The van der Waals surface area contributed by atoms with E-state index in [1.165, 1.54) is 68.1 Å². The monoisotopic (exact) mass is 1850 g/mol. The summed E-state index contributed by atoms with van der Waals surface area (Å²) >= 11 is 0. The number of terminal acetylenes is 4. The van der Waals surface area contributed by atoms with Crippen LogP contribution in [0.3, 0.4) is 0 Å². The number of carbonyl (C=O) groups is 4. The fourth-order valence-electron chi connectivity index (χ4n) is 21.7. The van der Waals surface area contributed by atoms with Gasteiger partial charge in [-0.15, -0.1) is 25.7 Å². The second-order valence-corrected chi connectivity index (χ2v) is 42.9. The van der Waals surface area contributed by atoms with Crippen LogP contribution in [0.4, 0.5) is 0 Å². The number of piperazine rings is 1. The smallest absolute Gasteiger partial charge is 0.202 e. The van der Waals surface area contributed by atoms with Crippen LogP contribution >= 0.6 is 0 Å². The Morgan fingerprint density at radius 1 is 0.365 bits per heavy atom. The first-order chi connectivity index (χ1) is 65.7. The van der Waals surface area contributed by atoms with Crippen molar-refractivity contribution >= 4 is 45.4 Å². The Bertz CT molecular complexity index is 5960. The predicted octanol–water partition coefficient (Wildman–Crippen LogP) is 18.8. The van der Waals surface area contributed by atoms with E-state index in [-0.39, 0.29) is 51.7 Å². The van der Waals surface area contributed by atoms with Gasteiger partial charge in [0.15, 0.2) is 23.3 Å². The lowest BCUT2D eigenvalue weighted by Crippen LogP contribution is -2.56. The van der Waals surface area contributed by atoms with Gasteiger partial charge in [-0.1, -0.05) is 152 Å². The third-order valence-corrected chi connectivity index (χ3v) is 31.2. The lowest BCUT2D eigenvalue weighted by molar-refractivity contribution is -0.0746. The molecular formula is C115H143N13O9. The zero-order valence-corrected chi connectivity index (χ0v) is 83.0. The van der Waals surface area contributed by atoms with Gasteiger partial charge >= 0.3 is 0 Å². The molecule has 6 saturated heterocycles. The van der Waals surface area contributed by atoms with E-state index < -0.39 is 0 Å². The molecule has 6 N–H and O–H groups in total. The molecule has 18 rings (SSSR count). The summed E-state index contributed by atoms with van der Waals surface area (Å²) in [5, 5.41) is 0. The minimum absolute atomic E-state index is 0.0198. The molecule has 4 aromatic carbocycles. The summed E-state index contributed by atoms with van der Waals surface area (Å²) in [5.74, 6) is 11.1. The third kappa shape index (κ3) is 24.0. The molecule has 0 radical (unpaired) electrons. The van der Waals surface area contributed by atoms with Gasteiger partial charge in [-0.3, -0.25) is 33.9 Å². The number of nitrogens with zero attached hydrogens (tertiary/aromatic N) is 8. The quantitative estimate of drug-likeness (QED) is 0.0294. The Labute approximate surface area is 812 Å². The summed E-state index contributed by atoms with van der Waals surface area (Å²) < 4.78 is 28.6. The van der Waals surface area contributed by atoms with Crippen molar-refractivity contribution in [1.29, 1.82) is 0 Å². The van der Waals surface area contributed by atoms with E-state index in [2.05, 4.69) is 257 Å². The fourth-order valence-corrected chi connectivity index (χ4v) is 21.7. The van der Waals surface area contributed by atoms with Gasteiger partial charge in [-0.05, 0) is 285 Å². The number of ether oxygens (including phenoxy) is 5. The van der Waals surface area contributed by atoms with Crippen molar-refractivity contribution in [2.75, 3.05) is 126 Å². The normalized spacial score (nSPS) is 21.1. The van der Waals surface area contributed by atoms with Crippen LogP contribution < -0.4 is 5.73 Å². The number of allylic oxidation sites excluding steroid dienone is 8. The Kier molecular flexibility index (Phi) is 32.1. The SMILES string of the molecule is C#Cc1cnc(C(=O)Cc2ccc(C3(N(C)C)CCOCC3)cc2C2=CCC(C)(C)CC2)[nH]1.C#Cc1cnc(C(=O)Cc2ccc(C3(N)CCOCC3)cc2C2=CCC(C)(C)CC2)[nH]1.C#Cc1cnc(C(=O)Cc2ccc(C3(N4CCN(C)CC4)CCOCC3)cc2C2=CCC(C)(C)CC2)[nH]1.C#Cc1cnc(C(=O)Cc2ccc(C3(N4CCOCC4)CCOCC3)cc2C2=CCC(C)(C)CC2)[nH]1.